The second kappa shape index (κ2) is 9.33. The van der Waals surface area contributed by atoms with Crippen molar-refractivity contribution in [3.8, 4) is 16.9 Å². The number of ketones is 1. The van der Waals surface area contributed by atoms with Gasteiger partial charge in [0.15, 0.2) is 5.78 Å². The quantitative estimate of drug-likeness (QED) is 0.703. The first-order chi connectivity index (χ1) is 15.7. The van der Waals surface area contributed by atoms with Gasteiger partial charge in [0, 0.05) is 49.0 Å². The number of amides is 2. The molecular weight excluding hydrogens is 423 g/mol. The third-order valence-corrected chi connectivity index (χ3v) is 6.52. The molecule has 2 aliphatic rings. The van der Waals surface area contributed by atoms with E-state index in [0.29, 0.717) is 61.3 Å². The fourth-order valence-electron chi connectivity index (χ4n) is 4.67. The van der Waals surface area contributed by atoms with Crippen LogP contribution in [-0.4, -0.2) is 48.2 Å². The van der Waals surface area contributed by atoms with Crippen molar-refractivity contribution in [2.24, 2.45) is 5.92 Å². The molecule has 1 N–H and O–H groups in total. The standard InChI is InChI=1S/C26H29FN2O4/c1-15-10-20-12-21(14-28-26(32)18-6-8-29(9-7-18)17(3)31)33-25(20)23(11-15)22-13-19(16(2)30)4-5-24(22)27/h4-5,10-11,13,18,21H,6-9,12,14H2,1-3H3,(H,28,32)/t21-/m0/s1. The van der Waals surface area contributed by atoms with E-state index in [0.717, 1.165) is 11.1 Å². The van der Waals surface area contributed by atoms with Crippen LogP contribution in [0.25, 0.3) is 11.1 Å². The third-order valence-electron chi connectivity index (χ3n) is 6.52. The highest BCUT2D eigenvalue weighted by Gasteiger charge is 2.30. The van der Waals surface area contributed by atoms with Crippen molar-refractivity contribution < 1.29 is 23.5 Å². The molecule has 0 radical (unpaired) electrons. The Hall–Kier alpha value is -3.22. The van der Waals surface area contributed by atoms with Gasteiger partial charge in [-0.2, -0.15) is 0 Å². The van der Waals surface area contributed by atoms with Crippen LogP contribution in [0.4, 0.5) is 4.39 Å². The SMILES string of the molecule is CC(=O)c1ccc(F)c(-c2cc(C)cc3c2O[C@H](CNC(=O)C2CCN(C(C)=O)CC2)C3)c1. The number of ether oxygens (including phenoxy) is 1. The molecule has 2 heterocycles. The van der Waals surface area contributed by atoms with E-state index in [4.69, 9.17) is 4.74 Å². The number of piperidine rings is 1. The molecule has 33 heavy (non-hydrogen) atoms. The fraction of sp³-hybridized carbons (Fsp3) is 0.423. The molecule has 2 aromatic rings. The number of carbonyl (C=O) groups is 3. The van der Waals surface area contributed by atoms with Gasteiger partial charge in [0.2, 0.25) is 11.8 Å². The molecule has 4 rings (SSSR count). The predicted molar refractivity (Wildman–Crippen MR) is 123 cm³/mol. The molecule has 0 bridgehead atoms. The summed E-state index contributed by atoms with van der Waals surface area (Å²) in [5.74, 6) is -0.0159. The highest BCUT2D eigenvalue weighted by molar-refractivity contribution is 5.95. The number of nitrogens with one attached hydrogen (secondary N) is 1. The van der Waals surface area contributed by atoms with Crippen molar-refractivity contribution in [3.63, 3.8) is 0 Å². The van der Waals surface area contributed by atoms with Crippen LogP contribution < -0.4 is 10.1 Å². The van der Waals surface area contributed by atoms with Crippen LogP contribution in [-0.2, 0) is 16.0 Å². The van der Waals surface area contributed by atoms with Crippen LogP contribution in [0, 0.1) is 18.7 Å². The number of nitrogens with zero attached hydrogens (tertiary/aromatic N) is 1. The van der Waals surface area contributed by atoms with Gasteiger partial charge in [0.05, 0.1) is 6.54 Å². The van der Waals surface area contributed by atoms with Gasteiger partial charge in [0.25, 0.3) is 0 Å². The van der Waals surface area contributed by atoms with Crippen LogP contribution >= 0.6 is 0 Å². The zero-order valence-corrected chi connectivity index (χ0v) is 19.2. The third kappa shape index (κ3) is 4.92. The fourth-order valence-corrected chi connectivity index (χ4v) is 4.67. The van der Waals surface area contributed by atoms with Gasteiger partial charge in [-0.25, -0.2) is 4.39 Å². The lowest BCUT2D eigenvalue weighted by Gasteiger charge is -2.30. The summed E-state index contributed by atoms with van der Waals surface area (Å²) in [6.45, 7) is 6.51. The molecule has 0 spiro atoms. The summed E-state index contributed by atoms with van der Waals surface area (Å²) in [6, 6.07) is 8.25. The summed E-state index contributed by atoms with van der Waals surface area (Å²) in [5, 5.41) is 3.00. The van der Waals surface area contributed by atoms with Crippen molar-refractivity contribution in [1.29, 1.82) is 0 Å². The number of Topliss-reactive ketones (excluding diaryl/α,β-unsaturated/α-hetero) is 1. The van der Waals surface area contributed by atoms with Crippen molar-refractivity contribution in [2.75, 3.05) is 19.6 Å². The van der Waals surface area contributed by atoms with Gasteiger partial charge in [-0.05, 0) is 62.1 Å². The van der Waals surface area contributed by atoms with Crippen LogP contribution in [0.1, 0.15) is 48.2 Å². The van der Waals surface area contributed by atoms with Gasteiger partial charge < -0.3 is 15.0 Å². The van der Waals surface area contributed by atoms with E-state index in [-0.39, 0.29) is 29.6 Å². The second-order valence-corrected chi connectivity index (χ2v) is 9.02. The molecule has 0 unspecified atom stereocenters. The monoisotopic (exact) mass is 452 g/mol. The Bertz CT molecular complexity index is 1110. The predicted octanol–water partition coefficient (Wildman–Crippen LogP) is 3.68. The topological polar surface area (TPSA) is 75.7 Å². The molecule has 0 aromatic heterocycles. The molecule has 0 saturated carbocycles. The Labute approximate surface area is 193 Å². The maximum absolute atomic E-state index is 14.7. The van der Waals surface area contributed by atoms with E-state index in [1.54, 1.807) is 17.9 Å². The Balaban J connectivity index is 1.45. The summed E-state index contributed by atoms with van der Waals surface area (Å²) in [7, 11) is 0. The molecule has 2 aromatic carbocycles. The molecule has 1 fully saturated rings. The summed E-state index contributed by atoms with van der Waals surface area (Å²) in [4.78, 5) is 37.7. The largest absolute Gasteiger partial charge is 0.487 e. The number of aryl methyl sites for hydroxylation is 1. The molecular formula is C26H29FN2O4. The molecule has 7 heteroatoms. The minimum atomic E-state index is -0.412. The molecule has 2 amide bonds. The maximum Gasteiger partial charge on any atom is 0.223 e. The minimum Gasteiger partial charge on any atom is -0.487 e. The highest BCUT2D eigenvalue weighted by Crippen LogP contribution is 2.41. The summed E-state index contributed by atoms with van der Waals surface area (Å²) in [6.07, 6.45) is 1.68. The lowest BCUT2D eigenvalue weighted by atomic mass is 9.95. The summed E-state index contributed by atoms with van der Waals surface area (Å²) in [5.41, 5.74) is 3.34. The lowest BCUT2D eigenvalue weighted by Crippen LogP contribution is -2.44. The molecule has 1 atom stereocenters. The van der Waals surface area contributed by atoms with E-state index in [1.165, 1.54) is 19.1 Å². The zero-order chi connectivity index (χ0) is 23.7. The number of likely N-dealkylation sites (tertiary alicyclic amines) is 1. The van der Waals surface area contributed by atoms with Gasteiger partial charge in [-0.1, -0.05) is 6.07 Å². The number of hydrogen-bond acceptors (Lipinski definition) is 4. The molecule has 0 aliphatic carbocycles. The Kier molecular flexibility index (Phi) is 6.49. The van der Waals surface area contributed by atoms with E-state index >= 15 is 0 Å². The van der Waals surface area contributed by atoms with Crippen molar-refractivity contribution in [2.45, 2.75) is 46.1 Å². The average molecular weight is 453 g/mol. The smallest absolute Gasteiger partial charge is 0.223 e. The van der Waals surface area contributed by atoms with E-state index in [2.05, 4.69) is 5.32 Å². The van der Waals surface area contributed by atoms with E-state index in [9.17, 15) is 18.8 Å². The number of benzene rings is 2. The van der Waals surface area contributed by atoms with E-state index < -0.39 is 5.82 Å². The first-order valence-corrected chi connectivity index (χ1v) is 11.4. The van der Waals surface area contributed by atoms with Crippen LogP contribution in [0.2, 0.25) is 0 Å². The second-order valence-electron chi connectivity index (χ2n) is 9.02. The van der Waals surface area contributed by atoms with Crippen LogP contribution in [0.5, 0.6) is 5.75 Å². The van der Waals surface area contributed by atoms with Crippen molar-refractivity contribution >= 4 is 17.6 Å². The van der Waals surface area contributed by atoms with Crippen LogP contribution in [0.15, 0.2) is 30.3 Å². The highest BCUT2D eigenvalue weighted by atomic mass is 19.1. The maximum atomic E-state index is 14.7. The summed E-state index contributed by atoms with van der Waals surface area (Å²) < 4.78 is 20.9. The molecule has 2 aliphatic heterocycles. The summed E-state index contributed by atoms with van der Waals surface area (Å²) >= 11 is 0. The zero-order valence-electron chi connectivity index (χ0n) is 19.2. The minimum absolute atomic E-state index is 0.0191. The van der Waals surface area contributed by atoms with Crippen molar-refractivity contribution in [3.05, 3.63) is 52.8 Å². The molecule has 174 valence electrons. The first kappa shape index (κ1) is 23.0. The first-order valence-electron chi connectivity index (χ1n) is 11.4. The number of rotatable bonds is 5. The van der Waals surface area contributed by atoms with Gasteiger partial charge in [0.1, 0.15) is 17.7 Å². The van der Waals surface area contributed by atoms with Crippen molar-refractivity contribution in [1.82, 2.24) is 10.2 Å². The number of halogens is 1. The molecule has 6 nitrogen and oxygen atoms in total. The number of hydrogen-bond donors (Lipinski definition) is 1. The van der Waals surface area contributed by atoms with Gasteiger partial charge in [-0.3, -0.25) is 14.4 Å². The average Bonchev–Trinajstić information content (AvgIpc) is 3.20. The Morgan fingerprint density at radius 3 is 2.48 bits per heavy atom. The van der Waals surface area contributed by atoms with E-state index in [1.807, 2.05) is 19.1 Å². The number of fused-ring (bicyclic) bond motifs is 1. The number of carbonyl (C=O) groups excluding carboxylic acids is 3. The van der Waals surface area contributed by atoms with Gasteiger partial charge >= 0.3 is 0 Å². The van der Waals surface area contributed by atoms with Crippen LogP contribution in [0.3, 0.4) is 0 Å². The Morgan fingerprint density at radius 1 is 1.09 bits per heavy atom. The molecule has 1 saturated heterocycles. The van der Waals surface area contributed by atoms with Gasteiger partial charge in [-0.15, -0.1) is 0 Å². The lowest BCUT2D eigenvalue weighted by molar-refractivity contribution is -0.134. The Morgan fingerprint density at radius 2 is 1.82 bits per heavy atom. The normalized spacial score (nSPS) is 17.9.